The van der Waals surface area contributed by atoms with Crippen molar-refractivity contribution in [3.63, 3.8) is 0 Å². The van der Waals surface area contributed by atoms with Crippen molar-refractivity contribution in [3.05, 3.63) is 0 Å². The highest BCUT2D eigenvalue weighted by molar-refractivity contribution is 14.1. The summed E-state index contributed by atoms with van der Waals surface area (Å²) in [7, 11) is 0. The molecule has 0 saturated heterocycles. The molecule has 0 bridgehead atoms. The summed E-state index contributed by atoms with van der Waals surface area (Å²) in [6.45, 7) is 0. The van der Waals surface area contributed by atoms with Gasteiger partial charge < -0.3 is 9.84 Å². The molecule has 0 heterocycles. The van der Waals surface area contributed by atoms with Crippen LogP contribution in [-0.2, 0) is 4.74 Å². The van der Waals surface area contributed by atoms with Gasteiger partial charge in [-0.1, -0.05) is 6.42 Å². The average molecular weight is 256 g/mol. The van der Waals surface area contributed by atoms with E-state index in [1.54, 1.807) is 0 Å². The average Bonchev–Trinajstić information content (AvgIpc) is 1.55. The predicted molar refractivity (Wildman–Crippen MR) is 44.3 cm³/mol. The molecule has 0 amide bonds. The van der Waals surface area contributed by atoms with E-state index in [2.05, 4.69) is 4.74 Å². The van der Waals surface area contributed by atoms with Gasteiger partial charge in [-0.05, 0) is 35.4 Å². The van der Waals surface area contributed by atoms with Gasteiger partial charge in [0, 0.05) is 5.92 Å². The number of halogens is 1. The Labute approximate surface area is 72.9 Å². The maximum absolute atomic E-state index is 10.0. The number of alkyl halides is 1. The van der Waals surface area contributed by atoms with Crippen LogP contribution in [0.4, 0.5) is 4.79 Å². The van der Waals surface area contributed by atoms with Crippen LogP contribution >= 0.6 is 22.6 Å². The second kappa shape index (κ2) is 3.41. The van der Waals surface area contributed by atoms with Gasteiger partial charge in [-0.25, -0.2) is 4.79 Å². The van der Waals surface area contributed by atoms with Crippen molar-refractivity contribution in [1.82, 2.24) is 0 Å². The molecule has 0 radical (unpaired) electrons. The lowest BCUT2D eigenvalue weighted by atomic mass is 9.86. The van der Waals surface area contributed by atoms with Gasteiger partial charge >= 0.3 is 6.16 Å². The second-order valence-corrected chi connectivity index (χ2v) is 3.65. The van der Waals surface area contributed by atoms with Crippen molar-refractivity contribution >= 4 is 28.7 Å². The molecule has 1 aliphatic rings. The molecule has 0 aromatic rings. The third kappa shape index (κ3) is 2.00. The van der Waals surface area contributed by atoms with Crippen molar-refractivity contribution in [2.45, 2.75) is 23.4 Å². The van der Waals surface area contributed by atoms with Crippen molar-refractivity contribution in [3.8, 4) is 0 Å². The summed E-state index contributed by atoms with van der Waals surface area (Å²) in [6.07, 6.45) is 2.28. The first-order valence-electron chi connectivity index (χ1n) is 3.24. The topological polar surface area (TPSA) is 46.5 Å². The minimum Gasteiger partial charge on any atom is -0.450 e. The largest absolute Gasteiger partial charge is 0.506 e. The van der Waals surface area contributed by atoms with Crippen LogP contribution in [0.2, 0.25) is 0 Å². The summed E-state index contributed by atoms with van der Waals surface area (Å²) in [5.41, 5.74) is 0. The maximum atomic E-state index is 10.0. The van der Waals surface area contributed by atoms with E-state index in [0.717, 1.165) is 12.8 Å². The molecule has 0 aromatic heterocycles. The minimum atomic E-state index is -1.16. The third-order valence-corrected chi connectivity index (χ3v) is 3.01. The normalized spacial score (nSPS) is 21.3. The van der Waals surface area contributed by atoms with Crippen molar-refractivity contribution in [2.75, 3.05) is 0 Å². The lowest BCUT2D eigenvalue weighted by molar-refractivity contribution is 0.0533. The number of carbonyl (C=O) groups is 1. The fourth-order valence-corrected chi connectivity index (χ4v) is 1.83. The fraction of sp³-hybridized carbons (Fsp3) is 0.833. The van der Waals surface area contributed by atoms with E-state index in [4.69, 9.17) is 5.11 Å². The molecule has 4 heteroatoms. The molecule has 58 valence electrons. The SMILES string of the molecule is O=C(O)OC(I)C1CCC1. The Morgan fingerprint density at radius 2 is 2.30 bits per heavy atom. The van der Waals surface area contributed by atoms with Gasteiger partial charge in [-0.2, -0.15) is 0 Å². The van der Waals surface area contributed by atoms with Crippen LogP contribution in [0.15, 0.2) is 0 Å². The van der Waals surface area contributed by atoms with Crippen molar-refractivity contribution in [1.29, 1.82) is 0 Å². The molecule has 10 heavy (non-hydrogen) atoms. The van der Waals surface area contributed by atoms with Gasteiger partial charge in [-0.15, -0.1) is 0 Å². The van der Waals surface area contributed by atoms with Crippen LogP contribution in [0.1, 0.15) is 19.3 Å². The van der Waals surface area contributed by atoms with Gasteiger partial charge in [0.25, 0.3) is 0 Å². The summed E-state index contributed by atoms with van der Waals surface area (Å²) in [6, 6.07) is 0. The summed E-state index contributed by atoms with van der Waals surface area (Å²) < 4.78 is 4.42. The number of rotatable bonds is 2. The first-order chi connectivity index (χ1) is 4.70. The lowest BCUT2D eigenvalue weighted by Crippen LogP contribution is -2.25. The monoisotopic (exact) mass is 256 g/mol. The summed E-state index contributed by atoms with van der Waals surface area (Å²) >= 11 is 2.03. The maximum Gasteiger partial charge on any atom is 0.506 e. The van der Waals surface area contributed by atoms with Gasteiger partial charge in [0.1, 0.15) is 0 Å². The standard InChI is InChI=1S/C6H9IO3/c7-5(10-6(8)9)4-2-1-3-4/h4-5H,1-3H2,(H,8,9). The highest BCUT2D eigenvalue weighted by atomic mass is 127. The molecule has 1 fully saturated rings. The number of carboxylic acid groups (broad SMARTS) is 1. The van der Waals surface area contributed by atoms with Gasteiger partial charge in [0.05, 0.1) is 0 Å². The third-order valence-electron chi connectivity index (χ3n) is 1.73. The van der Waals surface area contributed by atoms with Crippen LogP contribution in [0.5, 0.6) is 0 Å². The molecular formula is C6H9IO3. The molecule has 1 atom stereocenters. The Kier molecular flexibility index (Phi) is 2.76. The first-order valence-corrected chi connectivity index (χ1v) is 4.48. The molecular weight excluding hydrogens is 247 g/mol. The Hall–Kier alpha value is 0. The molecule has 1 rings (SSSR count). The van der Waals surface area contributed by atoms with Crippen LogP contribution < -0.4 is 0 Å². The lowest BCUT2D eigenvalue weighted by Gasteiger charge is -2.28. The van der Waals surface area contributed by atoms with Gasteiger partial charge in [0.2, 0.25) is 0 Å². The van der Waals surface area contributed by atoms with E-state index in [-0.39, 0.29) is 4.11 Å². The number of hydrogen-bond donors (Lipinski definition) is 1. The van der Waals surface area contributed by atoms with Gasteiger partial charge in [0.15, 0.2) is 4.11 Å². The Morgan fingerprint density at radius 1 is 1.70 bits per heavy atom. The Balaban J connectivity index is 2.19. The zero-order valence-corrected chi connectivity index (χ0v) is 7.58. The molecule has 0 spiro atoms. The summed E-state index contributed by atoms with van der Waals surface area (Å²) in [4.78, 5) is 10.0. The Bertz CT molecular complexity index is 133. The predicted octanol–water partition coefficient (Wildman–Crippen LogP) is 2.24. The van der Waals surface area contributed by atoms with E-state index < -0.39 is 6.16 Å². The van der Waals surface area contributed by atoms with Gasteiger partial charge in [-0.3, -0.25) is 0 Å². The van der Waals surface area contributed by atoms with Crippen molar-refractivity contribution < 1.29 is 14.6 Å². The van der Waals surface area contributed by atoms with Crippen molar-refractivity contribution in [2.24, 2.45) is 5.92 Å². The van der Waals surface area contributed by atoms with Crippen LogP contribution in [0.3, 0.4) is 0 Å². The van der Waals surface area contributed by atoms with E-state index in [9.17, 15) is 4.79 Å². The molecule has 1 saturated carbocycles. The smallest absolute Gasteiger partial charge is 0.450 e. The van der Waals surface area contributed by atoms with Crippen LogP contribution in [0, 0.1) is 5.92 Å². The Morgan fingerprint density at radius 3 is 2.60 bits per heavy atom. The quantitative estimate of drug-likeness (QED) is 0.468. The van der Waals surface area contributed by atoms with Crippen LogP contribution in [-0.4, -0.2) is 15.4 Å². The molecule has 3 nitrogen and oxygen atoms in total. The van der Waals surface area contributed by atoms with Crippen LogP contribution in [0.25, 0.3) is 0 Å². The second-order valence-electron chi connectivity index (χ2n) is 2.43. The fourth-order valence-electron chi connectivity index (χ4n) is 0.894. The van der Waals surface area contributed by atoms with E-state index >= 15 is 0 Å². The van der Waals surface area contributed by atoms with E-state index in [1.165, 1.54) is 6.42 Å². The minimum absolute atomic E-state index is 0.135. The first kappa shape index (κ1) is 8.10. The van der Waals surface area contributed by atoms with E-state index in [1.807, 2.05) is 22.6 Å². The number of hydrogen-bond acceptors (Lipinski definition) is 2. The highest BCUT2D eigenvalue weighted by Crippen LogP contribution is 2.34. The molecule has 1 aliphatic carbocycles. The zero-order valence-electron chi connectivity index (χ0n) is 5.42. The number of ether oxygens (including phenoxy) is 1. The summed E-state index contributed by atoms with van der Waals surface area (Å²) in [5.74, 6) is 0.469. The molecule has 0 aliphatic heterocycles. The molecule has 1 unspecified atom stereocenters. The zero-order chi connectivity index (χ0) is 7.56. The summed E-state index contributed by atoms with van der Waals surface area (Å²) in [5, 5.41) is 8.23. The van der Waals surface area contributed by atoms with E-state index in [0.29, 0.717) is 5.92 Å². The molecule has 1 N–H and O–H groups in total. The molecule has 0 aromatic carbocycles. The highest BCUT2D eigenvalue weighted by Gasteiger charge is 2.27.